The Kier molecular flexibility index (Phi) is 5.82. The number of halogens is 4. The van der Waals surface area contributed by atoms with Crippen molar-refractivity contribution in [1.82, 2.24) is 0 Å². The highest BCUT2D eigenvalue weighted by atomic mass is 35.5. The van der Waals surface area contributed by atoms with Gasteiger partial charge in [0.15, 0.2) is 6.61 Å². The molecule has 23 heavy (non-hydrogen) atoms. The number of amides is 1. The van der Waals surface area contributed by atoms with Crippen LogP contribution in [-0.4, -0.2) is 18.5 Å². The molecular formula is C15H9Cl3FNO3. The molecule has 0 bridgehead atoms. The second-order valence-electron chi connectivity index (χ2n) is 4.32. The molecule has 2 rings (SSSR count). The predicted molar refractivity (Wildman–Crippen MR) is 86.8 cm³/mol. The molecule has 0 radical (unpaired) electrons. The van der Waals surface area contributed by atoms with Crippen LogP contribution >= 0.6 is 34.8 Å². The summed E-state index contributed by atoms with van der Waals surface area (Å²) < 4.78 is 18.3. The summed E-state index contributed by atoms with van der Waals surface area (Å²) in [6.07, 6.45) is 0. The summed E-state index contributed by atoms with van der Waals surface area (Å²) in [6, 6.07) is 8.43. The highest BCUT2D eigenvalue weighted by Crippen LogP contribution is 2.29. The summed E-state index contributed by atoms with van der Waals surface area (Å²) in [6.45, 7) is -0.648. The normalized spacial score (nSPS) is 10.3. The molecule has 4 nitrogen and oxygen atoms in total. The number of hydrogen-bond acceptors (Lipinski definition) is 3. The summed E-state index contributed by atoms with van der Waals surface area (Å²) >= 11 is 17.5. The van der Waals surface area contributed by atoms with E-state index < -0.39 is 29.9 Å². The standard InChI is InChI=1S/C15H9Cl3FNO3/c16-8-3-2-6-11(19)13(8)15(22)23-7-12(21)20-14-9(17)4-1-5-10(14)18/h1-6H,7H2,(H,20,21). The second-order valence-corrected chi connectivity index (χ2v) is 5.54. The first-order valence-electron chi connectivity index (χ1n) is 6.25. The summed E-state index contributed by atoms with van der Waals surface area (Å²) in [5, 5.41) is 2.76. The number of nitrogens with one attached hydrogen (secondary N) is 1. The van der Waals surface area contributed by atoms with Gasteiger partial charge in [-0.3, -0.25) is 4.79 Å². The van der Waals surface area contributed by atoms with Gasteiger partial charge in [0.2, 0.25) is 0 Å². The van der Waals surface area contributed by atoms with Crippen LogP contribution in [0.5, 0.6) is 0 Å². The number of para-hydroxylation sites is 1. The molecule has 0 fully saturated rings. The molecule has 0 atom stereocenters. The van der Waals surface area contributed by atoms with Crippen molar-refractivity contribution in [3.05, 3.63) is 62.8 Å². The van der Waals surface area contributed by atoms with Crippen molar-refractivity contribution in [2.24, 2.45) is 0 Å². The van der Waals surface area contributed by atoms with Crippen molar-refractivity contribution >= 4 is 52.4 Å². The van der Waals surface area contributed by atoms with Crippen LogP contribution in [0, 0.1) is 5.82 Å². The minimum Gasteiger partial charge on any atom is -0.452 e. The fraction of sp³-hybridized carbons (Fsp3) is 0.0667. The lowest BCUT2D eigenvalue weighted by atomic mass is 10.2. The van der Waals surface area contributed by atoms with E-state index in [2.05, 4.69) is 5.32 Å². The van der Waals surface area contributed by atoms with Gasteiger partial charge in [0.25, 0.3) is 5.91 Å². The number of esters is 1. The summed E-state index contributed by atoms with van der Waals surface area (Å²) in [7, 11) is 0. The molecule has 0 saturated heterocycles. The van der Waals surface area contributed by atoms with Crippen molar-refractivity contribution < 1.29 is 18.7 Å². The third-order valence-corrected chi connectivity index (χ3v) is 3.67. The summed E-state index contributed by atoms with van der Waals surface area (Å²) in [4.78, 5) is 23.6. The van der Waals surface area contributed by atoms with Crippen LogP contribution in [0.2, 0.25) is 15.1 Å². The van der Waals surface area contributed by atoms with E-state index in [1.54, 1.807) is 6.07 Å². The van der Waals surface area contributed by atoms with Crippen molar-refractivity contribution in [3.8, 4) is 0 Å². The van der Waals surface area contributed by atoms with E-state index in [1.807, 2.05) is 0 Å². The van der Waals surface area contributed by atoms with Crippen molar-refractivity contribution in [2.45, 2.75) is 0 Å². The smallest absolute Gasteiger partial charge is 0.343 e. The summed E-state index contributed by atoms with van der Waals surface area (Å²) in [5.41, 5.74) is -0.237. The van der Waals surface area contributed by atoms with Gasteiger partial charge >= 0.3 is 5.97 Å². The number of carbonyl (C=O) groups is 2. The largest absolute Gasteiger partial charge is 0.452 e. The first-order chi connectivity index (χ1) is 10.9. The van der Waals surface area contributed by atoms with E-state index in [-0.39, 0.29) is 20.8 Å². The van der Waals surface area contributed by atoms with Gasteiger partial charge in [0, 0.05) is 0 Å². The highest BCUT2D eigenvalue weighted by Gasteiger charge is 2.19. The predicted octanol–water partition coefficient (Wildman–Crippen LogP) is 4.58. The number of hydrogen-bond donors (Lipinski definition) is 1. The molecule has 2 aromatic carbocycles. The van der Waals surface area contributed by atoms with Gasteiger partial charge in [-0.1, -0.05) is 46.9 Å². The Morgan fingerprint density at radius 1 is 1.00 bits per heavy atom. The molecule has 0 spiro atoms. The van der Waals surface area contributed by atoms with Crippen LogP contribution in [0.15, 0.2) is 36.4 Å². The van der Waals surface area contributed by atoms with Gasteiger partial charge in [-0.25, -0.2) is 9.18 Å². The molecule has 2 aromatic rings. The van der Waals surface area contributed by atoms with Crippen molar-refractivity contribution in [1.29, 1.82) is 0 Å². The Morgan fingerprint density at radius 2 is 1.57 bits per heavy atom. The van der Waals surface area contributed by atoms with Crippen LogP contribution in [0.25, 0.3) is 0 Å². The zero-order chi connectivity index (χ0) is 17.0. The van der Waals surface area contributed by atoms with Crippen LogP contribution in [0.4, 0.5) is 10.1 Å². The molecule has 0 aliphatic heterocycles. The van der Waals surface area contributed by atoms with Gasteiger partial charge in [-0.15, -0.1) is 0 Å². The van der Waals surface area contributed by atoms with Crippen LogP contribution in [-0.2, 0) is 9.53 Å². The SMILES string of the molecule is O=C(COC(=O)c1c(F)cccc1Cl)Nc1c(Cl)cccc1Cl. The van der Waals surface area contributed by atoms with E-state index in [1.165, 1.54) is 24.3 Å². The van der Waals surface area contributed by atoms with Crippen LogP contribution < -0.4 is 5.32 Å². The second kappa shape index (κ2) is 7.64. The van der Waals surface area contributed by atoms with E-state index in [0.29, 0.717) is 0 Å². The third-order valence-electron chi connectivity index (χ3n) is 2.73. The zero-order valence-corrected chi connectivity index (χ0v) is 13.7. The molecule has 0 unspecified atom stereocenters. The van der Waals surface area contributed by atoms with E-state index >= 15 is 0 Å². The molecule has 120 valence electrons. The Balaban J connectivity index is 2.01. The van der Waals surface area contributed by atoms with Crippen LogP contribution in [0.3, 0.4) is 0 Å². The Morgan fingerprint density at radius 3 is 2.17 bits per heavy atom. The maximum absolute atomic E-state index is 13.6. The van der Waals surface area contributed by atoms with E-state index in [0.717, 1.165) is 6.07 Å². The first kappa shape index (κ1) is 17.5. The topological polar surface area (TPSA) is 55.4 Å². The maximum atomic E-state index is 13.6. The summed E-state index contributed by atoms with van der Waals surface area (Å²) in [5.74, 6) is -2.56. The average molecular weight is 377 g/mol. The van der Waals surface area contributed by atoms with Gasteiger partial charge in [-0.05, 0) is 24.3 Å². The molecule has 0 aliphatic carbocycles. The van der Waals surface area contributed by atoms with Gasteiger partial charge < -0.3 is 10.1 Å². The monoisotopic (exact) mass is 375 g/mol. The number of carbonyl (C=O) groups excluding carboxylic acids is 2. The van der Waals surface area contributed by atoms with Crippen molar-refractivity contribution in [3.63, 3.8) is 0 Å². The molecule has 0 aromatic heterocycles. The van der Waals surface area contributed by atoms with Gasteiger partial charge in [0.1, 0.15) is 11.4 Å². The lowest BCUT2D eigenvalue weighted by Gasteiger charge is -2.10. The highest BCUT2D eigenvalue weighted by molar-refractivity contribution is 6.39. The van der Waals surface area contributed by atoms with Gasteiger partial charge in [-0.2, -0.15) is 0 Å². The fourth-order valence-corrected chi connectivity index (χ4v) is 2.42. The number of anilines is 1. The molecular weight excluding hydrogens is 368 g/mol. The molecule has 0 saturated carbocycles. The Bertz CT molecular complexity index is 727. The number of ether oxygens (including phenoxy) is 1. The lowest BCUT2D eigenvalue weighted by molar-refractivity contribution is -0.119. The first-order valence-corrected chi connectivity index (χ1v) is 7.38. The number of benzene rings is 2. The van der Waals surface area contributed by atoms with E-state index in [9.17, 15) is 14.0 Å². The Labute approximate surface area is 146 Å². The quantitative estimate of drug-likeness (QED) is 0.795. The fourth-order valence-electron chi connectivity index (χ4n) is 1.69. The molecule has 0 heterocycles. The Hall–Kier alpha value is -1.82. The zero-order valence-electron chi connectivity index (χ0n) is 11.4. The molecule has 0 aliphatic rings. The minimum atomic E-state index is -1.05. The maximum Gasteiger partial charge on any atom is 0.343 e. The van der Waals surface area contributed by atoms with Gasteiger partial charge in [0.05, 0.1) is 20.8 Å². The molecule has 8 heteroatoms. The average Bonchev–Trinajstić information content (AvgIpc) is 2.49. The molecule has 1 N–H and O–H groups in total. The minimum absolute atomic E-state index is 0.107. The van der Waals surface area contributed by atoms with Crippen molar-refractivity contribution in [2.75, 3.05) is 11.9 Å². The third kappa shape index (κ3) is 4.34. The van der Waals surface area contributed by atoms with E-state index in [4.69, 9.17) is 39.5 Å². The molecule has 1 amide bonds. The lowest BCUT2D eigenvalue weighted by Crippen LogP contribution is -2.21. The van der Waals surface area contributed by atoms with Crippen LogP contribution in [0.1, 0.15) is 10.4 Å². The number of rotatable bonds is 4.